The van der Waals surface area contributed by atoms with Gasteiger partial charge in [0.15, 0.2) is 0 Å². The summed E-state index contributed by atoms with van der Waals surface area (Å²) >= 11 is 3.30. The van der Waals surface area contributed by atoms with Gasteiger partial charge in [0.05, 0.1) is 6.04 Å². The number of hydrogen-bond donors (Lipinski definition) is 2. The van der Waals surface area contributed by atoms with E-state index in [0.717, 1.165) is 10.4 Å². The molecule has 0 bridgehead atoms. The third-order valence-electron chi connectivity index (χ3n) is 2.14. The topological polar surface area (TPSA) is 66.9 Å². The zero-order chi connectivity index (χ0) is 10.8. The average molecular weight is 271 g/mol. The van der Waals surface area contributed by atoms with E-state index in [1.807, 2.05) is 6.92 Å². The molecule has 5 nitrogen and oxygen atoms in total. The zero-order valence-electron chi connectivity index (χ0n) is 8.25. The Bertz CT molecular complexity index is 375. The van der Waals surface area contributed by atoms with E-state index >= 15 is 0 Å². The summed E-state index contributed by atoms with van der Waals surface area (Å²) in [7, 11) is 0. The summed E-state index contributed by atoms with van der Waals surface area (Å²) in [5, 5.41) is 5.95. The van der Waals surface area contributed by atoms with E-state index in [-0.39, 0.29) is 11.9 Å². The predicted octanol–water partition coefficient (Wildman–Crippen LogP) is 0.848. The molecule has 1 unspecified atom stereocenters. The molecule has 0 aromatic carbocycles. The van der Waals surface area contributed by atoms with Gasteiger partial charge in [-0.3, -0.25) is 4.79 Å². The fourth-order valence-corrected chi connectivity index (χ4v) is 2.00. The van der Waals surface area contributed by atoms with Crippen molar-refractivity contribution < 1.29 is 4.79 Å². The van der Waals surface area contributed by atoms with Gasteiger partial charge in [0, 0.05) is 19.0 Å². The molecule has 1 fully saturated rings. The number of nitrogens with zero attached hydrogens (tertiary/aromatic N) is 2. The third-order valence-corrected chi connectivity index (χ3v) is 2.54. The molecule has 1 aromatic rings. The van der Waals surface area contributed by atoms with E-state index in [1.165, 1.54) is 0 Å². The molecular weight excluding hydrogens is 260 g/mol. The number of carbonyl (C=O) groups is 1. The highest BCUT2D eigenvalue weighted by molar-refractivity contribution is 9.10. The Balaban J connectivity index is 2.07. The van der Waals surface area contributed by atoms with Gasteiger partial charge < -0.3 is 10.6 Å². The maximum absolute atomic E-state index is 11.0. The SMILES string of the molecule is Cc1nc(Br)cc(NC2CNC(=O)C2)n1. The first kappa shape index (κ1) is 10.4. The van der Waals surface area contributed by atoms with Crippen molar-refractivity contribution in [1.82, 2.24) is 15.3 Å². The van der Waals surface area contributed by atoms with Gasteiger partial charge in [-0.2, -0.15) is 0 Å². The largest absolute Gasteiger partial charge is 0.365 e. The van der Waals surface area contributed by atoms with Crippen molar-refractivity contribution in [2.24, 2.45) is 0 Å². The summed E-state index contributed by atoms with van der Waals surface area (Å²) in [6.07, 6.45) is 0.501. The minimum Gasteiger partial charge on any atom is -0.365 e. The Hall–Kier alpha value is -1.17. The van der Waals surface area contributed by atoms with Crippen LogP contribution in [-0.4, -0.2) is 28.5 Å². The number of anilines is 1. The minimum absolute atomic E-state index is 0.0809. The highest BCUT2D eigenvalue weighted by Gasteiger charge is 2.21. The lowest BCUT2D eigenvalue weighted by Crippen LogP contribution is -2.23. The lowest BCUT2D eigenvalue weighted by molar-refractivity contribution is -0.119. The summed E-state index contributed by atoms with van der Waals surface area (Å²) in [6.45, 7) is 2.48. The second-order valence-electron chi connectivity index (χ2n) is 3.47. The molecule has 1 aromatic heterocycles. The zero-order valence-corrected chi connectivity index (χ0v) is 9.84. The number of rotatable bonds is 2. The first-order valence-corrected chi connectivity index (χ1v) is 5.47. The lowest BCUT2D eigenvalue weighted by atomic mass is 10.2. The summed E-state index contributed by atoms with van der Waals surface area (Å²) in [4.78, 5) is 19.3. The van der Waals surface area contributed by atoms with Crippen LogP contribution in [0.5, 0.6) is 0 Å². The molecule has 0 spiro atoms. The Labute approximate surface area is 95.8 Å². The van der Waals surface area contributed by atoms with Crippen LogP contribution in [0.2, 0.25) is 0 Å². The Morgan fingerprint density at radius 2 is 2.40 bits per heavy atom. The summed E-state index contributed by atoms with van der Waals surface area (Å²) < 4.78 is 0.745. The van der Waals surface area contributed by atoms with E-state index in [4.69, 9.17) is 0 Å². The number of carbonyl (C=O) groups excluding carboxylic acids is 1. The van der Waals surface area contributed by atoms with Crippen molar-refractivity contribution in [3.05, 3.63) is 16.5 Å². The molecule has 1 saturated heterocycles. The van der Waals surface area contributed by atoms with Gasteiger partial charge in [-0.15, -0.1) is 0 Å². The van der Waals surface area contributed by atoms with E-state index in [1.54, 1.807) is 6.07 Å². The fraction of sp³-hybridized carbons (Fsp3) is 0.444. The number of aromatic nitrogens is 2. The summed E-state index contributed by atoms with van der Waals surface area (Å²) in [5.41, 5.74) is 0. The van der Waals surface area contributed by atoms with Crippen LogP contribution in [0.4, 0.5) is 5.82 Å². The molecule has 1 aliphatic rings. The van der Waals surface area contributed by atoms with Gasteiger partial charge in [0.1, 0.15) is 16.2 Å². The highest BCUT2D eigenvalue weighted by Crippen LogP contribution is 2.14. The quantitative estimate of drug-likeness (QED) is 0.782. The van der Waals surface area contributed by atoms with Crippen molar-refractivity contribution in [2.45, 2.75) is 19.4 Å². The molecule has 1 aliphatic heterocycles. The van der Waals surface area contributed by atoms with Gasteiger partial charge in [-0.05, 0) is 22.9 Å². The van der Waals surface area contributed by atoms with Crippen LogP contribution in [0.15, 0.2) is 10.7 Å². The molecule has 0 saturated carbocycles. The van der Waals surface area contributed by atoms with Crippen molar-refractivity contribution in [3.63, 3.8) is 0 Å². The lowest BCUT2D eigenvalue weighted by Gasteiger charge is -2.11. The fourth-order valence-electron chi connectivity index (χ4n) is 1.52. The maximum Gasteiger partial charge on any atom is 0.222 e. The van der Waals surface area contributed by atoms with Crippen molar-refractivity contribution in [1.29, 1.82) is 0 Å². The maximum atomic E-state index is 11.0. The molecule has 15 heavy (non-hydrogen) atoms. The normalized spacial score (nSPS) is 20.1. The number of hydrogen-bond acceptors (Lipinski definition) is 4. The van der Waals surface area contributed by atoms with Gasteiger partial charge in [0.2, 0.25) is 5.91 Å². The Morgan fingerprint density at radius 1 is 1.60 bits per heavy atom. The first-order valence-electron chi connectivity index (χ1n) is 4.68. The van der Waals surface area contributed by atoms with E-state index in [9.17, 15) is 4.79 Å². The molecule has 0 radical (unpaired) electrons. The molecule has 1 amide bonds. The van der Waals surface area contributed by atoms with Gasteiger partial charge in [-0.25, -0.2) is 9.97 Å². The monoisotopic (exact) mass is 270 g/mol. The number of amides is 1. The van der Waals surface area contributed by atoms with Crippen LogP contribution in [0, 0.1) is 6.92 Å². The molecule has 2 rings (SSSR count). The van der Waals surface area contributed by atoms with Crippen molar-refractivity contribution in [2.75, 3.05) is 11.9 Å². The minimum atomic E-state index is 0.0809. The molecule has 0 aliphatic carbocycles. The smallest absolute Gasteiger partial charge is 0.222 e. The van der Waals surface area contributed by atoms with Gasteiger partial charge in [-0.1, -0.05) is 0 Å². The molecule has 6 heteroatoms. The standard InChI is InChI=1S/C9H11BrN4O/c1-5-12-7(10)3-8(13-5)14-6-2-9(15)11-4-6/h3,6H,2,4H2,1H3,(H,11,15)(H,12,13,14). The van der Waals surface area contributed by atoms with E-state index < -0.39 is 0 Å². The third kappa shape index (κ3) is 2.65. The van der Waals surface area contributed by atoms with Crippen molar-refractivity contribution in [3.8, 4) is 0 Å². The average Bonchev–Trinajstić information content (AvgIpc) is 2.49. The second kappa shape index (κ2) is 4.14. The molecular formula is C9H11BrN4O. The predicted molar refractivity (Wildman–Crippen MR) is 59.5 cm³/mol. The van der Waals surface area contributed by atoms with Crippen LogP contribution in [0.25, 0.3) is 0 Å². The van der Waals surface area contributed by atoms with Gasteiger partial charge >= 0.3 is 0 Å². The molecule has 1 atom stereocenters. The summed E-state index contributed by atoms with van der Waals surface area (Å²) in [5.74, 6) is 1.53. The number of halogens is 1. The first-order chi connectivity index (χ1) is 7.13. The Kier molecular flexibility index (Phi) is 2.86. The number of nitrogens with one attached hydrogen (secondary N) is 2. The molecule has 80 valence electrons. The van der Waals surface area contributed by atoms with E-state index in [2.05, 4.69) is 36.5 Å². The highest BCUT2D eigenvalue weighted by atomic mass is 79.9. The molecule has 2 N–H and O–H groups in total. The van der Waals surface area contributed by atoms with Crippen LogP contribution >= 0.6 is 15.9 Å². The summed E-state index contributed by atoms with van der Waals surface area (Å²) in [6, 6.07) is 1.93. The Morgan fingerprint density at radius 3 is 3.00 bits per heavy atom. The van der Waals surface area contributed by atoms with Gasteiger partial charge in [0.25, 0.3) is 0 Å². The number of aryl methyl sites for hydroxylation is 1. The van der Waals surface area contributed by atoms with Crippen LogP contribution in [0.3, 0.4) is 0 Å². The van der Waals surface area contributed by atoms with Crippen LogP contribution in [-0.2, 0) is 4.79 Å². The second-order valence-corrected chi connectivity index (χ2v) is 4.29. The van der Waals surface area contributed by atoms with Crippen molar-refractivity contribution >= 4 is 27.7 Å². The van der Waals surface area contributed by atoms with Crippen LogP contribution < -0.4 is 10.6 Å². The van der Waals surface area contributed by atoms with E-state index in [0.29, 0.717) is 18.8 Å². The molecule has 2 heterocycles. The van der Waals surface area contributed by atoms with Crippen LogP contribution in [0.1, 0.15) is 12.2 Å².